The monoisotopic (exact) mass is 348 g/mol. The molecule has 1 amide bonds. The van der Waals surface area contributed by atoms with Crippen molar-refractivity contribution in [2.45, 2.75) is 0 Å². The zero-order valence-electron chi connectivity index (χ0n) is 12.9. The van der Waals surface area contributed by atoms with Gasteiger partial charge in [-0.05, 0) is 42.1 Å². The molecule has 1 aliphatic rings. The van der Waals surface area contributed by atoms with Crippen LogP contribution < -0.4 is 16.1 Å². The number of hydrogen-bond donors (Lipinski definition) is 2. The van der Waals surface area contributed by atoms with Crippen molar-refractivity contribution in [1.29, 1.82) is 0 Å². The molecule has 1 aromatic heterocycles. The van der Waals surface area contributed by atoms with Gasteiger partial charge in [0.05, 0.1) is 5.39 Å². The molecule has 0 aliphatic carbocycles. The molecule has 0 atom stereocenters. The summed E-state index contributed by atoms with van der Waals surface area (Å²) in [6.45, 7) is 0. The summed E-state index contributed by atoms with van der Waals surface area (Å²) in [6, 6.07) is 16.0. The van der Waals surface area contributed by atoms with Gasteiger partial charge in [0.2, 0.25) is 0 Å². The zero-order valence-corrected chi connectivity index (χ0v) is 13.7. The van der Waals surface area contributed by atoms with E-state index in [-0.39, 0.29) is 16.4 Å². The highest BCUT2D eigenvalue weighted by atomic mass is 32.1. The lowest BCUT2D eigenvalue weighted by Gasteiger charge is -2.04. The predicted molar refractivity (Wildman–Crippen MR) is 99.8 cm³/mol. The van der Waals surface area contributed by atoms with E-state index in [0.29, 0.717) is 22.4 Å². The van der Waals surface area contributed by atoms with E-state index in [4.69, 9.17) is 16.6 Å². The number of carbonyl (C=O) groups is 1. The number of fused-ring (bicyclic) bond motifs is 1. The van der Waals surface area contributed by atoms with Gasteiger partial charge in [-0.2, -0.15) is 0 Å². The molecule has 0 unspecified atom stereocenters. The van der Waals surface area contributed by atoms with Crippen molar-refractivity contribution in [2.75, 3.05) is 0 Å². The van der Waals surface area contributed by atoms with Crippen LogP contribution in [0.15, 0.2) is 69.5 Å². The Morgan fingerprint density at radius 1 is 0.960 bits per heavy atom. The van der Waals surface area contributed by atoms with E-state index in [0.717, 1.165) is 11.1 Å². The van der Waals surface area contributed by atoms with Crippen LogP contribution in [0.5, 0.6) is 0 Å². The highest BCUT2D eigenvalue weighted by Gasteiger charge is 2.19. The third-order valence-electron chi connectivity index (χ3n) is 3.84. The van der Waals surface area contributed by atoms with Crippen molar-refractivity contribution < 1.29 is 9.21 Å². The van der Waals surface area contributed by atoms with E-state index in [2.05, 4.69) is 10.6 Å². The number of thiocarbonyl (C=S) groups is 1. The Hall–Kier alpha value is -3.25. The number of carbonyl (C=O) groups excluding carboxylic acids is 1. The summed E-state index contributed by atoms with van der Waals surface area (Å²) in [7, 11) is 0. The number of benzene rings is 2. The fourth-order valence-corrected chi connectivity index (χ4v) is 2.88. The van der Waals surface area contributed by atoms with Crippen LogP contribution in [-0.4, -0.2) is 11.0 Å². The second-order valence-corrected chi connectivity index (χ2v) is 5.97. The fourth-order valence-electron chi connectivity index (χ4n) is 2.68. The normalized spacial score (nSPS) is 15.4. The number of nitrogens with one attached hydrogen (secondary N) is 2. The number of rotatable bonds is 2. The number of hydrogen-bond acceptors (Lipinski definition) is 4. The summed E-state index contributed by atoms with van der Waals surface area (Å²) in [6.07, 6.45) is 1.69. The molecule has 1 aliphatic heterocycles. The third kappa shape index (κ3) is 2.95. The van der Waals surface area contributed by atoms with E-state index in [1.807, 2.05) is 30.3 Å². The summed E-state index contributed by atoms with van der Waals surface area (Å²) < 4.78 is 5.86. The fraction of sp³-hybridized carbons (Fsp3) is 0. The van der Waals surface area contributed by atoms with Gasteiger partial charge in [0.15, 0.2) is 10.5 Å². The van der Waals surface area contributed by atoms with Crippen molar-refractivity contribution in [3.05, 3.63) is 76.1 Å². The molecule has 25 heavy (non-hydrogen) atoms. The van der Waals surface area contributed by atoms with Crippen LogP contribution in [0.25, 0.3) is 28.4 Å². The summed E-state index contributed by atoms with van der Waals surface area (Å²) in [5.74, 6) is 0.205. The summed E-state index contributed by atoms with van der Waals surface area (Å²) in [5.41, 5.74) is 2.36. The second kappa shape index (κ2) is 5.99. The average Bonchev–Trinajstić information content (AvgIpc) is 2.92. The molecule has 5 nitrogen and oxygen atoms in total. The smallest absolute Gasteiger partial charge is 0.273 e. The van der Waals surface area contributed by atoms with E-state index in [1.54, 1.807) is 24.3 Å². The van der Waals surface area contributed by atoms with Gasteiger partial charge in [0.1, 0.15) is 17.0 Å². The summed E-state index contributed by atoms with van der Waals surface area (Å²) in [5, 5.41) is 6.15. The van der Waals surface area contributed by atoms with Crippen molar-refractivity contribution in [3.8, 4) is 11.3 Å². The second-order valence-electron chi connectivity index (χ2n) is 5.56. The number of amides is 1. The molecule has 2 aromatic carbocycles. The lowest BCUT2D eigenvalue weighted by Crippen LogP contribution is -2.21. The maximum atomic E-state index is 12.3. The van der Waals surface area contributed by atoms with Crippen molar-refractivity contribution >= 4 is 40.3 Å². The van der Waals surface area contributed by atoms with Crippen LogP contribution >= 0.6 is 12.2 Å². The van der Waals surface area contributed by atoms with E-state index in [9.17, 15) is 9.59 Å². The Morgan fingerprint density at radius 2 is 1.80 bits per heavy atom. The van der Waals surface area contributed by atoms with Crippen LogP contribution in [0, 0.1) is 0 Å². The van der Waals surface area contributed by atoms with E-state index in [1.165, 1.54) is 6.07 Å². The molecule has 0 bridgehead atoms. The Labute approximate surface area is 148 Å². The topological polar surface area (TPSA) is 71.3 Å². The third-order valence-corrected chi connectivity index (χ3v) is 4.04. The molecule has 0 spiro atoms. The van der Waals surface area contributed by atoms with Gasteiger partial charge in [0, 0.05) is 11.6 Å². The number of para-hydroxylation sites is 1. The molecule has 2 N–H and O–H groups in total. The first kappa shape index (κ1) is 15.3. The first-order chi connectivity index (χ1) is 12.1. The van der Waals surface area contributed by atoms with Gasteiger partial charge in [-0.25, -0.2) is 0 Å². The van der Waals surface area contributed by atoms with Gasteiger partial charge >= 0.3 is 0 Å². The summed E-state index contributed by atoms with van der Waals surface area (Å²) in [4.78, 5) is 24.0. The van der Waals surface area contributed by atoms with Gasteiger partial charge in [-0.3, -0.25) is 14.9 Å². The Bertz CT molecular complexity index is 1110. The lowest BCUT2D eigenvalue weighted by atomic mass is 10.1. The quantitative estimate of drug-likeness (QED) is 0.550. The molecule has 0 radical (unpaired) electrons. The maximum absolute atomic E-state index is 12.3. The molecule has 1 saturated heterocycles. The maximum Gasteiger partial charge on any atom is 0.273 e. The van der Waals surface area contributed by atoms with Gasteiger partial charge < -0.3 is 9.73 Å². The molecule has 2 heterocycles. The standard InChI is InChI=1S/C19H12N2O3S/c22-15-10-17(24-16-7-2-1-6-13(15)16)12-5-3-4-11(8-12)9-14-18(23)21-19(25)20-14/h1-10H,(H2,20,21,23,25)/b14-9+. The predicted octanol–water partition coefficient (Wildman–Crippen LogP) is 2.81. The zero-order chi connectivity index (χ0) is 17.4. The molecule has 6 heteroatoms. The Balaban J connectivity index is 1.78. The van der Waals surface area contributed by atoms with Gasteiger partial charge in [-0.1, -0.05) is 30.3 Å². The lowest BCUT2D eigenvalue weighted by molar-refractivity contribution is -0.115. The average molecular weight is 348 g/mol. The minimum atomic E-state index is -0.271. The van der Waals surface area contributed by atoms with E-state index < -0.39 is 0 Å². The molecule has 3 aromatic rings. The van der Waals surface area contributed by atoms with Crippen molar-refractivity contribution in [3.63, 3.8) is 0 Å². The highest BCUT2D eigenvalue weighted by Crippen LogP contribution is 2.23. The first-order valence-electron chi connectivity index (χ1n) is 7.57. The van der Waals surface area contributed by atoms with Crippen LogP contribution in [0.1, 0.15) is 5.56 Å². The minimum Gasteiger partial charge on any atom is -0.456 e. The first-order valence-corrected chi connectivity index (χ1v) is 7.98. The Kier molecular flexibility index (Phi) is 3.66. The van der Waals surface area contributed by atoms with Crippen molar-refractivity contribution in [1.82, 2.24) is 10.6 Å². The van der Waals surface area contributed by atoms with Crippen molar-refractivity contribution in [2.24, 2.45) is 0 Å². The van der Waals surface area contributed by atoms with Crippen LogP contribution in [0.3, 0.4) is 0 Å². The van der Waals surface area contributed by atoms with Crippen LogP contribution in [-0.2, 0) is 4.79 Å². The molecular formula is C19H12N2O3S. The molecule has 4 rings (SSSR count). The molecule has 122 valence electrons. The molecule has 0 saturated carbocycles. The molecular weight excluding hydrogens is 336 g/mol. The summed E-state index contributed by atoms with van der Waals surface area (Å²) >= 11 is 4.92. The van der Waals surface area contributed by atoms with Crippen LogP contribution in [0.2, 0.25) is 0 Å². The Morgan fingerprint density at radius 3 is 2.60 bits per heavy atom. The van der Waals surface area contributed by atoms with Gasteiger partial charge in [0.25, 0.3) is 5.91 Å². The van der Waals surface area contributed by atoms with E-state index >= 15 is 0 Å². The largest absolute Gasteiger partial charge is 0.456 e. The molecule has 1 fully saturated rings. The SMILES string of the molecule is O=C1NC(=S)N/C1=C/c1cccc(-c2cc(=O)c3ccccc3o2)c1. The minimum absolute atomic E-state index is 0.0946. The van der Waals surface area contributed by atoms with Gasteiger partial charge in [-0.15, -0.1) is 0 Å². The van der Waals surface area contributed by atoms with Crippen LogP contribution in [0.4, 0.5) is 0 Å². The highest BCUT2D eigenvalue weighted by molar-refractivity contribution is 7.80.